The Labute approximate surface area is 159 Å². The molecule has 0 amide bonds. The number of carbonyl (C=O) groups is 1. The van der Waals surface area contributed by atoms with E-state index in [0.717, 1.165) is 0 Å². The van der Waals surface area contributed by atoms with E-state index < -0.39 is 11.5 Å². The zero-order valence-corrected chi connectivity index (χ0v) is 14.9. The van der Waals surface area contributed by atoms with Gasteiger partial charge in [0.05, 0.1) is 18.4 Å². The standard InChI is InChI=1S/C19H13ClN4O3/c1-27-18(26)12-4-2-11(3-5-12)16-15(10-21)17(25)24-19(23-16)22-14-8-6-13(20)7-9-14/h2-9H,1H3,(H2,22,23,24,25). The molecule has 0 aliphatic rings. The first kappa shape index (κ1) is 18.2. The van der Waals surface area contributed by atoms with Gasteiger partial charge in [-0.25, -0.2) is 9.78 Å². The van der Waals surface area contributed by atoms with Crippen molar-refractivity contribution in [2.75, 3.05) is 12.4 Å². The van der Waals surface area contributed by atoms with Crippen molar-refractivity contribution in [2.45, 2.75) is 0 Å². The molecule has 0 bridgehead atoms. The third-order valence-electron chi connectivity index (χ3n) is 3.72. The van der Waals surface area contributed by atoms with Crippen molar-refractivity contribution in [2.24, 2.45) is 0 Å². The summed E-state index contributed by atoms with van der Waals surface area (Å²) in [5.74, 6) is -0.306. The number of hydrogen-bond acceptors (Lipinski definition) is 6. The van der Waals surface area contributed by atoms with Gasteiger partial charge in [-0.05, 0) is 36.4 Å². The minimum absolute atomic E-state index is 0.123. The van der Waals surface area contributed by atoms with Crippen LogP contribution in [0.3, 0.4) is 0 Å². The van der Waals surface area contributed by atoms with Gasteiger partial charge in [-0.1, -0.05) is 23.7 Å². The number of esters is 1. The molecule has 7 nitrogen and oxygen atoms in total. The zero-order chi connectivity index (χ0) is 19.4. The Bertz CT molecular complexity index is 1080. The van der Waals surface area contributed by atoms with Crippen LogP contribution in [-0.2, 0) is 4.74 Å². The van der Waals surface area contributed by atoms with E-state index >= 15 is 0 Å². The lowest BCUT2D eigenvalue weighted by Gasteiger charge is -2.09. The number of anilines is 2. The lowest BCUT2D eigenvalue weighted by atomic mass is 10.1. The van der Waals surface area contributed by atoms with Crippen LogP contribution in [0.1, 0.15) is 15.9 Å². The Hall–Kier alpha value is -3.63. The number of aromatic amines is 1. The quantitative estimate of drug-likeness (QED) is 0.671. The maximum Gasteiger partial charge on any atom is 0.337 e. The molecule has 3 aromatic rings. The van der Waals surface area contributed by atoms with Gasteiger partial charge < -0.3 is 10.1 Å². The minimum atomic E-state index is -0.573. The highest BCUT2D eigenvalue weighted by atomic mass is 35.5. The Kier molecular flexibility index (Phi) is 5.20. The van der Waals surface area contributed by atoms with Gasteiger partial charge in [-0.3, -0.25) is 9.78 Å². The third kappa shape index (κ3) is 3.97. The normalized spacial score (nSPS) is 10.1. The highest BCUT2D eigenvalue weighted by Crippen LogP contribution is 2.22. The van der Waals surface area contributed by atoms with E-state index in [2.05, 4.69) is 20.0 Å². The summed E-state index contributed by atoms with van der Waals surface area (Å²) in [4.78, 5) is 30.7. The second-order valence-corrected chi connectivity index (χ2v) is 5.89. The van der Waals surface area contributed by atoms with E-state index in [-0.39, 0.29) is 17.2 Å². The molecule has 0 unspecified atom stereocenters. The lowest BCUT2D eigenvalue weighted by Crippen LogP contribution is -2.16. The summed E-state index contributed by atoms with van der Waals surface area (Å²) in [6.07, 6.45) is 0. The highest BCUT2D eigenvalue weighted by Gasteiger charge is 2.14. The SMILES string of the molecule is COC(=O)c1ccc(-c2nc(Nc3ccc(Cl)cc3)[nH]c(=O)c2C#N)cc1. The van der Waals surface area contributed by atoms with Gasteiger partial charge >= 0.3 is 5.97 Å². The predicted molar refractivity (Wildman–Crippen MR) is 101 cm³/mol. The highest BCUT2D eigenvalue weighted by molar-refractivity contribution is 6.30. The number of nitriles is 1. The number of aromatic nitrogens is 2. The topological polar surface area (TPSA) is 108 Å². The van der Waals surface area contributed by atoms with Gasteiger partial charge in [-0.15, -0.1) is 0 Å². The Balaban J connectivity index is 2.02. The predicted octanol–water partition coefficient (Wildman–Crippen LogP) is 3.49. The smallest absolute Gasteiger partial charge is 0.337 e. The van der Waals surface area contributed by atoms with Crippen molar-refractivity contribution < 1.29 is 9.53 Å². The Morgan fingerprint density at radius 2 is 1.85 bits per heavy atom. The van der Waals surface area contributed by atoms with Gasteiger partial charge in [0.25, 0.3) is 5.56 Å². The maximum absolute atomic E-state index is 12.3. The first-order valence-corrected chi connectivity index (χ1v) is 8.15. The van der Waals surface area contributed by atoms with Crippen molar-refractivity contribution in [1.82, 2.24) is 9.97 Å². The number of hydrogen-bond donors (Lipinski definition) is 2. The van der Waals surface area contributed by atoms with Crippen LogP contribution in [0.2, 0.25) is 5.02 Å². The van der Waals surface area contributed by atoms with E-state index in [1.54, 1.807) is 36.4 Å². The van der Waals surface area contributed by atoms with Gasteiger partial charge in [0.1, 0.15) is 11.6 Å². The van der Waals surface area contributed by atoms with Gasteiger partial charge in [0.15, 0.2) is 0 Å². The van der Waals surface area contributed by atoms with Crippen LogP contribution in [0.15, 0.2) is 53.3 Å². The summed E-state index contributed by atoms with van der Waals surface area (Å²) in [5.41, 5.74) is 1.04. The molecule has 134 valence electrons. The molecule has 27 heavy (non-hydrogen) atoms. The molecule has 0 aliphatic heterocycles. The summed E-state index contributed by atoms with van der Waals surface area (Å²) in [7, 11) is 1.29. The van der Waals surface area contributed by atoms with Crippen LogP contribution in [0, 0.1) is 11.3 Å². The molecule has 0 saturated carbocycles. The fraction of sp³-hybridized carbons (Fsp3) is 0.0526. The number of nitrogens with zero attached hydrogens (tertiary/aromatic N) is 2. The molecule has 8 heteroatoms. The molecule has 3 rings (SSSR count). The van der Waals surface area contributed by atoms with Gasteiger partial charge in [0.2, 0.25) is 5.95 Å². The summed E-state index contributed by atoms with van der Waals surface area (Å²) in [6.45, 7) is 0. The molecule has 0 fully saturated rings. The number of halogens is 1. The lowest BCUT2D eigenvalue weighted by molar-refractivity contribution is 0.0601. The summed E-state index contributed by atoms with van der Waals surface area (Å²) in [6, 6.07) is 15.0. The number of nitrogens with one attached hydrogen (secondary N) is 2. The number of benzene rings is 2. The molecule has 2 N–H and O–H groups in total. The van der Waals surface area contributed by atoms with Crippen molar-refractivity contribution in [3.05, 3.63) is 75.0 Å². The molecule has 2 aromatic carbocycles. The van der Waals surface area contributed by atoms with Crippen molar-refractivity contribution in [3.8, 4) is 17.3 Å². The second kappa shape index (κ2) is 7.72. The number of rotatable bonds is 4. The van der Waals surface area contributed by atoms with Crippen molar-refractivity contribution >= 4 is 29.2 Å². The Morgan fingerprint density at radius 1 is 1.19 bits per heavy atom. The molecule has 0 radical (unpaired) electrons. The Morgan fingerprint density at radius 3 is 2.44 bits per heavy atom. The van der Waals surface area contributed by atoms with Crippen LogP contribution in [0.4, 0.5) is 11.6 Å². The van der Waals surface area contributed by atoms with E-state index in [1.807, 2.05) is 6.07 Å². The zero-order valence-electron chi connectivity index (χ0n) is 14.1. The first-order chi connectivity index (χ1) is 13.0. The molecule has 0 aliphatic carbocycles. The van der Waals surface area contributed by atoms with Crippen LogP contribution < -0.4 is 10.9 Å². The van der Waals surface area contributed by atoms with Crippen LogP contribution in [0.25, 0.3) is 11.3 Å². The van der Waals surface area contributed by atoms with Crippen molar-refractivity contribution in [1.29, 1.82) is 5.26 Å². The second-order valence-electron chi connectivity index (χ2n) is 5.45. The van der Waals surface area contributed by atoms with Gasteiger partial charge in [-0.2, -0.15) is 5.26 Å². The summed E-state index contributed by atoms with van der Waals surface area (Å²) >= 11 is 5.86. The monoisotopic (exact) mass is 380 g/mol. The first-order valence-electron chi connectivity index (χ1n) is 7.77. The number of methoxy groups -OCH3 is 1. The summed E-state index contributed by atoms with van der Waals surface area (Å²) in [5, 5.41) is 12.9. The third-order valence-corrected chi connectivity index (χ3v) is 3.97. The molecular formula is C19H13ClN4O3. The fourth-order valence-electron chi connectivity index (χ4n) is 2.40. The largest absolute Gasteiger partial charge is 0.465 e. The molecule has 1 aromatic heterocycles. The van der Waals surface area contributed by atoms with E-state index in [4.69, 9.17) is 11.6 Å². The van der Waals surface area contributed by atoms with E-state index in [0.29, 0.717) is 21.8 Å². The van der Waals surface area contributed by atoms with Crippen LogP contribution in [0.5, 0.6) is 0 Å². The van der Waals surface area contributed by atoms with Crippen LogP contribution >= 0.6 is 11.6 Å². The molecule has 0 saturated heterocycles. The number of ether oxygens (including phenoxy) is 1. The van der Waals surface area contributed by atoms with Crippen molar-refractivity contribution in [3.63, 3.8) is 0 Å². The maximum atomic E-state index is 12.3. The fourth-order valence-corrected chi connectivity index (χ4v) is 2.52. The van der Waals surface area contributed by atoms with Gasteiger partial charge in [0, 0.05) is 16.3 Å². The number of H-pyrrole nitrogens is 1. The van der Waals surface area contributed by atoms with Crippen LogP contribution in [-0.4, -0.2) is 23.0 Å². The molecule has 0 atom stereocenters. The molecule has 1 heterocycles. The number of carbonyl (C=O) groups excluding carboxylic acids is 1. The average Bonchev–Trinajstić information content (AvgIpc) is 2.69. The minimum Gasteiger partial charge on any atom is -0.465 e. The average molecular weight is 381 g/mol. The molecular weight excluding hydrogens is 368 g/mol. The summed E-state index contributed by atoms with van der Waals surface area (Å²) < 4.78 is 4.66. The van der Waals surface area contributed by atoms with E-state index in [1.165, 1.54) is 19.2 Å². The van der Waals surface area contributed by atoms with E-state index in [9.17, 15) is 14.9 Å². The molecule has 0 spiro atoms.